The Hall–Kier alpha value is -1.40. The molecule has 1 heterocycles. The van der Waals surface area contributed by atoms with Crippen molar-refractivity contribution in [2.24, 2.45) is 5.92 Å². The molecule has 1 aliphatic heterocycles. The van der Waals surface area contributed by atoms with Gasteiger partial charge in [-0.1, -0.05) is 42.5 Å². The van der Waals surface area contributed by atoms with Gasteiger partial charge in [-0.2, -0.15) is 4.31 Å². The van der Waals surface area contributed by atoms with Crippen molar-refractivity contribution in [1.82, 2.24) is 9.62 Å². The van der Waals surface area contributed by atoms with Crippen molar-refractivity contribution in [2.45, 2.75) is 36.6 Å². The molecule has 0 spiro atoms. The molecule has 146 valence electrons. The molecular weight excluding hydrogens is 380 g/mol. The molecule has 0 unspecified atom stereocenters. The Morgan fingerprint density at radius 2 is 1.56 bits per heavy atom. The minimum Gasteiger partial charge on any atom is -0.314 e. The highest BCUT2D eigenvalue weighted by molar-refractivity contribution is 7.89. The van der Waals surface area contributed by atoms with Crippen molar-refractivity contribution in [1.29, 1.82) is 0 Å². The van der Waals surface area contributed by atoms with Crippen molar-refractivity contribution in [3.05, 3.63) is 54.6 Å². The summed E-state index contributed by atoms with van der Waals surface area (Å²) in [6, 6.07) is 17.7. The highest BCUT2D eigenvalue weighted by atomic mass is 35.5. The number of nitrogens with zero attached hydrogens (tertiary/aromatic N) is 1. The fraction of sp³-hybridized carbons (Fsp3) is 0.429. The predicted molar refractivity (Wildman–Crippen MR) is 112 cm³/mol. The lowest BCUT2D eigenvalue weighted by Gasteiger charge is -2.31. The van der Waals surface area contributed by atoms with Gasteiger partial charge in [0.15, 0.2) is 0 Å². The van der Waals surface area contributed by atoms with E-state index in [0.717, 1.165) is 36.4 Å². The summed E-state index contributed by atoms with van der Waals surface area (Å²) >= 11 is 0. The Morgan fingerprint density at radius 1 is 0.889 bits per heavy atom. The monoisotopic (exact) mass is 406 g/mol. The van der Waals surface area contributed by atoms with Gasteiger partial charge in [0.2, 0.25) is 10.0 Å². The molecule has 1 saturated heterocycles. The second kappa shape index (κ2) is 8.74. The van der Waals surface area contributed by atoms with Gasteiger partial charge in [0.1, 0.15) is 0 Å². The summed E-state index contributed by atoms with van der Waals surface area (Å²) in [5.74, 6) is 0.859. The molecule has 1 N–H and O–H groups in total. The number of nitrogens with one attached hydrogen (secondary N) is 1. The van der Waals surface area contributed by atoms with E-state index in [0.29, 0.717) is 24.0 Å². The van der Waals surface area contributed by atoms with E-state index in [9.17, 15) is 8.42 Å². The molecule has 1 aliphatic carbocycles. The second-order valence-electron chi connectivity index (χ2n) is 7.42. The Labute approximate surface area is 168 Å². The first-order valence-corrected chi connectivity index (χ1v) is 11.0. The topological polar surface area (TPSA) is 49.4 Å². The van der Waals surface area contributed by atoms with Crippen LogP contribution in [-0.4, -0.2) is 38.4 Å². The number of hydrogen-bond donors (Lipinski definition) is 1. The van der Waals surface area contributed by atoms with E-state index in [1.165, 1.54) is 12.8 Å². The molecule has 2 fully saturated rings. The molecule has 0 bridgehead atoms. The maximum absolute atomic E-state index is 13.1. The molecule has 0 atom stereocenters. The van der Waals surface area contributed by atoms with Gasteiger partial charge >= 0.3 is 0 Å². The lowest BCUT2D eigenvalue weighted by Crippen LogP contribution is -2.45. The summed E-state index contributed by atoms with van der Waals surface area (Å²) < 4.78 is 27.8. The van der Waals surface area contributed by atoms with Gasteiger partial charge in [-0.15, -0.1) is 12.4 Å². The van der Waals surface area contributed by atoms with E-state index in [1.54, 1.807) is 16.4 Å². The number of sulfonamides is 1. The third kappa shape index (κ3) is 4.91. The molecule has 6 heteroatoms. The fourth-order valence-corrected chi connectivity index (χ4v) is 5.09. The summed E-state index contributed by atoms with van der Waals surface area (Å²) in [5.41, 5.74) is 1.97. The van der Waals surface area contributed by atoms with Gasteiger partial charge in [-0.05, 0) is 61.4 Å². The van der Waals surface area contributed by atoms with Crippen molar-refractivity contribution >= 4 is 22.4 Å². The quantitative estimate of drug-likeness (QED) is 0.790. The average Bonchev–Trinajstić information content (AvgIpc) is 3.52. The van der Waals surface area contributed by atoms with Crippen LogP contribution in [0.15, 0.2) is 59.5 Å². The first kappa shape index (κ1) is 20.3. The zero-order valence-corrected chi connectivity index (χ0v) is 17.0. The van der Waals surface area contributed by atoms with Gasteiger partial charge in [-0.3, -0.25) is 0 Å². The number of benzene rings is 2. The van der Waals surface area contributed by atoms with Crippen LogP contribution in [0.4, 0.5) is 0 Å². The summed E-state index contributed by atoms with van der Waals surface area (Å²) in [4.78, 5) is 0.392. The van der Waals surface area contributed by atoms with E-state index in [4.69, 9.17) is 0 Å². The Morgan fingerprint density at radius 3 is 2.22 bits per heavy atom. The molecule has 4 rings (SSSR count). The van der Waals surface area contributed by atoms with E-state index >= 15 is 0 Å². The zero-order chi connectivity index (χ0) is 18.0. The Bertz CT molecular complexity index is 845. The van der Waals surface area contributed by atoms with E-state index < -0.39 is 10.0 Å². The maximum Gasteiger partial charge on any atom is 0.243 e. The van der Waals surface area contributed by atoms with Crippen LogP contribution >= 0.6 is 12.4 Å². The first-order chi connectivity index (χ1) is 12.6. The molecular formula is C21H27ClN2O2S. The molecule has 2 aromatic carbocycles. The third-order valence-electron chi connectivity index (χ3n) is 5.42. The van der Waals surface area contributed by atoms with Crippen LogP contribution in [0.3, 0.4) is 0 Å². The fourth-order valence-electron chi connectivity index (χ4n) is 3.57. The van der Waals surface area contributed by atoms with Gasteiger partial charge in [-0.25, -0.2) is 8.42 Å². The lowest BCUT2D eigenvalue weighted by atomic mass is 10.1. The van der Waals surface area contributed by atoms with Crippen molar-refractivity contribution in [2.75, 3.05) is 19.6 Å². The molecule has 0 aromatic heterocycles. The number of rotatable bonds is 6. The van der Waals surface area contributed by atoms with Gasteiger partial charge in [0.25, 0.3) is 0 Å². The van der Waals surface area contributed by atoms with Gasteiger partial charge < -0.3 is 5.32 Å². The summed E-state index contributed by atoms with van der Waals surface area (Å²) in [6.07, 6.45) is 4.48. The van der Waals surface area contributed by atoms with E-state index in [-0.39, 0.29) is 12.4 Å². The van der Waals surface area contributed by atoms with E-state index in [2.05, 4.69) is 5.32 Å². The second-order valence-corrected chi connectivity index (χ2v) is 9.36. The molecule has 4 nitrogen and oxygen atoms in total. The van der Waals surface area contributed by atoms with Crippen LogP contribution in [-0.2, 0) is 10.0 Å². The normalized spacial score (nSPS) is 18.8. The highest BCUT2D eigenvalue weighted by Gasteiger charge is 2.30. The van der Waals surface area contributed by atoms with Crippen molar-refractivity contribution in [3.8, 4) is 11.1 Å². The summed E-state index contributed by atoms with van der Waals surface area (Å²) in [5, 5.41) is 3.60. The highest BCUT2D eigenvalue weighted by Crippen LogP contribution is 2.29. The average molecular weight is 407 g/mol. The molecule has 2 aliphatic rings. The Balaban J connectivity index is 0.00000210. The predicted octanol–water partition coefficient (Wildman–Crippen LogP) is 3.93. The summed E-state index contributed by atoms with van der Waals surface area (Å²) in [7, 11) is -3.43. The van der Waals surface area contributed by atoms with Gasteiger partial charge in [0.05, 0.1) is 4.90 Å². The molecule has 0 amide bonds. The largest absolute Gasteiger partial charge is 0.314 e. The lowest BCUT2D eigenvalue weighted by molar-refractivity contribution is 0.288. The smallest absolute Gasteiger partial charge is 0.243 e. The standard InChI is InChI=1S/C21H26N2O2S.ClH/c24-26(25,23-13-11-20(12-14-23)22-16-17-9-10-17)21-8-4-7-19(15-21)18-5-2-1-3-6-18;/h1-8,15,17,20,22H,9-14,16H2;1H. The Kier molecular flexibility index (Phi) is 6.58. The third-order valence-corrected chi connectivity index (χ3v) is 7.32. The van der Waals surface area contributed by atoms with Crippen LogP contribution in [0.25, 0.3) is 11.1 Å². The van der Waals surface area contributed by atoms with Crippen LogP contribution < -0.4 is 5.32 Å². The first-order valence-electron chi connectivity index (χ1n) is 9.52. The summed E-state index contributed by atoms with van der Waals surface area (Å²) in [6.45, 7) is 2.29. The van der Waals surface area contributed by atoms with Crippen LogP contribution in [0.2, 0.25) is 0 Å². The minimum atomic E-state index is -3.43. The number of halogens is 1. The molecule has 2 aromatic rings. The number of hydrogen-bond acceptors (Lipinski definition) is 3. The van der Waals surface area contributed by atoms with Gasteiger partial charge in [0, 0.05) is 19.1 Å². The van der Waals surface area contributed by atoms with Crippen LogP contribution in [0.1, 0.15) is 25.7 Å². The van der Waals surface area contributed by atoms with Crippen LogP contribution in [0.5, 0.6) is 0 Å². The molecule has 0 radical (unpaired) electrons. The molecule has 1 saturated carbocycles. The zero-order valence-electron chi connectivity index (χ0n) is 15.4. The van der Waals surface area contributed by atoms with E-state index in [1.807, 2.05) is 42.5 Å². The maximum atomic E-state index is 13.1. The number of piperidine rings is 1. The van der Waals surface area contributed by atoms with Crippen molar-refractivity contribution < 1.29 is 8.42 Å². The van der Waals surface area contributed by atoms with Crippen LogP contribution in [0, 0.1) is 5.92 Å². The SMILES string of the molecule is Cl.O=S(=O)(c1cccc(-c2ccccc2)c1)N1CCC(NCC2CC2)CC1. The van der Waals surface area contributed by atoms with Crippen molar-refractivity contribution in [3.63, 3.8) is 0 Å². The minimum absolute atomic E-state index is 0. The molecule has 27 heavy (non-hydrogen) atoms.